The van der Waals surface area contributed by atoms with E-state index in [2.05, 4.69) is 0 Å². The van der Waals surface area contributed by atoms with E-state index in [1.165, 1.54) is 12.1 Å². The Morgan fingerprint density at radius 2 is 1.53 bits per heavy atom. The predicted molar refractivity (Wildman–Crippen MR) is 67.8 cm³/mol. The summed E-state index contributed by atoms with van der Waals surface area (Å²) in [5.41, 5.74) is 0.915. The van der Waals surface area contributed by atoms with E-state index in [1.807, 2.05) is 0 Å². The average molecular weight is 264 g/mol. The first-order valence-corrected chi connectivity index (χ1v) is 6.02. The van der Waals surface area contributed by atoms with Crippen molar-refractivity contribution >= 4 is 18.2 Å². The maximum atomic E-state index is 11.8. The molecule has 0 saturated carbocycles. The summed E-state index contributed by atoms with van der Waals surface area (Å²) in [4.78, 5) is 34.2. The maximum absolute atomic E-state index is 11.8. The van der Waals surface area contributed by atoms with Crippen molar-refractivity contribution < 1.29 is 23.9 Å². The molecule has 0 aromatic heterocycles. The third-order valence-corrected chi connectivity index (χ3v) is 2.45. The van der Waals surface area contributed by atoms with Crippen LogP contribution in [0.1, 0.15) is 35.7 Å². The minimum atomic E-state index is -1.11. The fourth-order valence-electron chi connectivity index (χ4n) is 1.59. The summed E-state index contributed by atoms with van der Waals surface area (Å²) in [6, 6.07) is 6.16. The number of ether oxygens (including phenoxy) is 2. The molecule has 0 atom stereocenters. The highest BCUT2D eigenvalue weighted by Crippen LogP contribution is 2.20. The minimum absolute atomic E-state index is 0.182. The van der Waals surface area contributed by atoms with E-state index in [9.17, 15) is 14.4 Å². The van der Waals surface area contributed by atoms with Gasteiger partial charge < -0.3 is 9.47 Å². The normalized spacial score (nSPS) is 10.1. The molecule has 0 aliphatic carbocycles. The molecule has 5 heteroatoms. The van der Waals surface area contributed by atoms with E-state index < -0.39 is 17.9 Å². The number of aldehydes is 1. The molecule has 1 aromatic rings. The molecule has 0 spiro atoms. The molecular formula is C14H16O5. The molecule has 1 rings (SSSR count). The van der Waals surface area contributed by atoms with Gasteiger partial charge in [0.1, 0.15) is 6.29 Å². The highest BCUT2D eigenvalue weighted by Gasteiger charge is 2.31. The summed E-state index contributed by atoms with van der Waals surface area (Å²) in [6.07, 6.45) is 0.688. The van der Waals surface area contributed by atoms with Crippen LogP contribution in [0.3, 0.4) is 0 Å². The van der Waals surface area contributed by atoms with Crippen molar-refractivity contribution in [3.8, 4) is 0 Å². The van der Waals surface area contributed by atoms with Crippen LogP contribution in [0, 0.1) is 0 Å². The Labute approximate surface area is 111 Å². The Kier molecular flexibility index (Phi) is 5.73. The van der Waals surface area contributed by atoms with E-state index in [-0.39, 0.29) is 13.2 Å². The van der Waals surface area contributed by atoms with Gasteiger partial charge in [0.15, 0.2) is 5.92 Å². The van der Waals surface area contributed by atoms with Crippen molar-refractivity contribution in [3.05, 3.63) is 35.4 Å². The van der Waals surface area contributed by atoms with Gasteiger partial charge in [-0.05, 0) is 19.4 Å². The molecule has 0 aliphatic rings. The summed E-state index contributed by atoms with van der Waals surface area (Å²) < 4.78 is 9.75. The first kappa shape index (κ1) is 14.9. The van der Waals surface area contributed by atoms with Gasteiger partial charge >= 0.3 is 11.9 Å². The summed E-state index contributed by atoms with van der Waals surface area (Å²) in [6.45, 7) is 3.69. The van der Waals surface area contributed by atoms with E-state index in [0.29, 0.717) is 17.4 Å². The van der Waals surface area contributed by atoms with Gasteiger partial charge in [0.05, 0.1) is 13.2 Å². The molecule has 5 nitrogen and oxygen atoms in total. The lowest BCUT2D eigenvalue weighted by Gasteiger charge is -2.14. The number of hydrogen-bond acceptors (Lipinski definition) is 5. The van der Waals surface area contributed by atoms with Crippen molar-refractivity contribution in [1.82, 2.24) is 0 Å². The Bertz CT molecular complexity index is 431. The number of benzene rings is 1. The van der Waals surface area contributed by atoms with Crippen LogP contribution in [-0.4, -0.2) is 31.4 Å². The van der Waals surface area contributed by atoms with Crippen LogP contribution in [-0.2, 0) is 19.1 Å². The van der Waals surface area contributed by atoms with Crippen LogP contribution in [0.15, 0.2) is 24.3 Å². The highest BCUT2D eigenvalue weighted by molar-refractivity contribution is 6.00. The van der Waals surface area contributed by atoms with E-state index in [4.69, 9.17) is 9.47 Å². The molecule has 0 amide bonds. The SMILES string of the molecule is CCOC(=O)C(C(=O)OCC)c1ccc(C=O)cc1. The van der Waals surface area contributed by atoms with Crippen molar-refractivity contribution in [2.75, 3.05) is 13.2 Å². The summed E-state index contributed by atoms with van der Waals surface area (Å²) in [5.74, 6) is -2.42. The molecule has 102 valence electrons. The molecule has 0 fully saturated rings. The number of carbonyl (C=O) groups is 3. The quantitative estimate of drug-likeness (QED) is 0.444. The molecular weight excluding hydrogens is 248 g/mol. The van der Waals surface area contributed by atoms with Crippen molar-refractivity contribution in [2.45, 2.75) is 19.8 Å². The number of esters is 2. The Morgan fingerprint density at radius 3 is 1.89 bits per heavy atom. The maximum Gasteiger partial charge on any atom is 0.324 e. The Morgan fingerprint density at radius 1 is 1.05 bits per heavy atom. The zero-order valence-electron chi connectivity index (χ0n) is 10.9. The van der Waals surface area contributed by atoms with Crippen molar-refractivity contribution in [1.29, 1.82) is 0 Å². The van der Waals surface area contributed by atoms with Crippen LogP contribution in [0.5, 0.6) is 0 Å². The lowest BCUT2D eigenvalue weighted by atomic mass is 9.98. The molecule has 0 saturated heterocycles. The molecule has 19 heavy (non-hydrogen) atoms. The molecule has 0 N–H and O–H groups in total. The van der Waals surface area contributed by atoms with Crippen molar-refractivity contribution in [3.63, 3.8) is 0 Å². The second kappa shape index (κ2) is 7.31. The zero-order chi connectivity index (χ0) is 14.3. The average Bonchev–Trinajstić information content (AvgIpc) is 2.40. The zero-order valence-corrected chi connectivity index (χ0v) is 10.9. The van der Waals surface area contributed by atoms with Crippen LogP contribution in [0.25, 0.3) is 0 Å². The van der Waals surface area contributed by atoms with Crippen LogP contribution >= 0.6 is 0 Å². The highest BCUT2D eigenvalue weighted by atomic mass is 16.6. The summed E-state index contributed by atoms with van der Waals surface area (Å²) in [5, 5.41) is 0. The van der Waals surface area contributed by atoms with Crippen LogP contribution < -0.4 is 0 Å². The van der Waals surface area contributed by atoms with Crippen LogP contribution in [0.4, 0.5) is 0 Å². The summed E-state index contributed by atoms with van der Waals surface area (Å²) in [7, 11) is 0. The number of carbonyl (C=O) groups excluding carboxylic acids is 3. The van der Waals surface area contributed by atoms with Gasteiger partial charge in [-0.2, -0.15) is 0 Å². The van der Waals surface area contributed by atoms with Gasteiger partial charge in [0.2, 0.25) is 0 Å². The smallest absolute Gasteiger partial charge is 0.324 e. The fourth-order valence-corrected chi connectivity index (χ4v) is 1.59. The monoisotopic (exact) mass is 264 g/mol. The molecule has 0 unspecified atom stereocenters. The molecule has 0 bridgehead atoms. The van der Waals surface area contributed by atoms with Gasteiger partial charge in [-0.25, -0.2) is 0 Å². The molecule has 0 radical (unpaired) electrons. The predicted octanol–water partition coefficient (Wildman–Crippen LogP) is 1.71. The lowest BCUT2D eigenvalue weighted by Crippen LogP contribution is -2.26. The standard InChI is InChI=1S/C14H16O5/c1-3-18-13(16)12(14(17)19-4-2)11-7-5-10(9-15)6-8-11/h5-9,12H,3-4H2,1-2H3. The second-order valence-electron chi connectivity index (χ2n) is 3.72. The fraction of sp³-hybridized carbons (Fsp3) is 0.357. The Balaban J connectivity index is 3.03. The third kappa shape index (κ3) is 3.91. The third-order valence-electron chi connectivity index (χ3n) is 2.45. The molecule has 1 aromatic carbocycles. The van der Waals surface area contributed by atoms with E-state index in [1.54, 1.807) is 26.0 Å². The van der Waals surface area contributed by atoms with E-state index in [0.717, 1.165) is 0 Å². The Hall–Kier alpha value is -2.17. The molecule has 0 aliphatic heterocycles. The van der Waals surface area contributed by atoms with Crippen LogP contribution in [0.2, 0.25) is 0 Å². The van der Waals surface area contributed by atoms with Gasteiger partial charge in [0, 0.05) is 5.56 Å². The van der Waals surface area contributed by atoms with Gasteiger partial charge in [0.25, 0.3) is 0 Å². The number of hydrogen-bond donors (Lipinski definition) is 0. The largest absolute Gasteiger partial charge is 0.465 e. The second-order valence-corrected chi connectivity index (χ2v) is 3.72. The van der Waals surface area contributed by atoms with Gasteiger partial charge in [-0.3, -0.25) is 14.4 Å². The van der Waals surface area contributed by atoms with Gasteiger partial charge in [-0.1, -0.05) is 24.3 Å². The van der Waals surface area contributed by atoms with E-state index >= 15 is 0 Å². The first-order valence-electron chi connectivity index (χ1n) is 6.02. The summed E-state index contributed by atoms with van der Waals surface area (Å²) >= 11 is 0. The van der Waals surface area contributed by atoms with Crippen molar-refractivity contribution in [2.24, 2.45) is 0 Å². The number of rotatable bonds is 6. The topological polar surface area (TPSA) is 69.7 Å². The first-order chi connectivity index (χ1) is 9.13. The minimum Gasteiger partial charge on any atom is -0.465 e. The molecule has 0 heterocycles. The van der Waals surface area contributed by atoms with Gasteiger partial charge in [-0.15, -0.1) is 0 Å². The lowest BCUT2D eigenvalue weighted by molar-refractivity contribution is -0.156.